The number of esters is 4. The Morgan fingerprint density at radius 2 is 1.22 bits per heavy atom. The lowest BCUT2D eigenvalue weighted by Crippen LogP contribution is -2.59. The second kappa shape index (κ2) is 10.2. The fraction of sp³-hybridized carbons (Fsp3) is 0.826. The van der Waals surface area contributed by atoms with Gasteiger partial charge in [0.05, 0.1) is 12.0 Å². The SMILES string of the molecule is CC(=O)OC1COC(OC(=O)C(C)(CC(C)(C)C)C(C)(C)C)C(OC(C)=O)C1OC(C)=O. The van der Waals surface area contributed by atoms with Gasteiger partial charge in [0.25, 0.3) is 0 Å². The van der Waals surface area contributed by atoms with Crippen LogP contribution < -0.4 is 0 Å². The highest BCUT2D eigenvalue weighted by atomic mass is 16.7. The van der Waals surface area contributed by atoms with Gasteiger partial charge in [0.15, 0.2) is 12.2 Å². The van der Waals surface area contributed by atoms with E-state index in [0.29, 0.717) is 6.42 Å². The predicted molar refractivity (Wildman–Crippen MR) is 114 cm³/mol. The third-order valence-electron chi connectivity index (χ3n) is 5.52. The summed E-state index contributed by atoms with van der Waals surface area (Å²) < 4.78 is 27.2. The van der Waals surface area contributed by atoms with Crippen LogP contribution in [0, 0.1) is 16.2 Å². The quantitative estimate of drug-likeness (QED) is 0.437. The monoisotopic (exact) mass is 458 g/mol. The molecule has 1 saturated heterocycles. The zero-order valence-electron chi connectivity index (χ0n) is 20.9. The number of carbonyl (C=O) groups excluding carboxylic acids is 4. The summed E-state index contributed by atoms with van der Waals surface area (Å²) in [5, 5.41) is 0. The van der Waals surface area contributed by atoms with E-state index < -0.39 is 59.3 Å². The van der Waals surface area contributed by atoms with Crippen molar-refractivity contribution in [1.82, 2.24) is 0 Å². The predicted octanol–water partition coefficient (Wildman–Crippen LogP) is 3.17. The smallest absolute Gasteiger partial charge is 0.314 e. The van der Waals surface area contributed by atoms with E-state index in [-0.39, 0.29) is 12.0 Å². The van der Waals surface area contributed by atoms with E-state index in [1.165, 1.54) is 13.8 Å². The minimum atomic E-state index is -1.34. The van der Waals surface area contributed by atoms with Crippen LogP contribution in [0.4, 0.5) is 0 Å². The maximum Gasteiger partial charge on any atom is 0.314 e. The molecule has 5 atom stereocenters. The van der Waals surface area contributed by atoms with Crippen LogP contribution in [-0.2, 0) is 42.9 Å². The van der Waals surface area contributed by atoms with Gasteiger partial charge in [-0.15, -0.1) is 0 Å². The first kappa shape index (κ1) is 27.9. The molecule has 0 radical (unpaired) electrons. The molecule has 0 saturated carbocycles. The highest BCUT2D eigenvalue weighted by Crippen LogP contribution is 2.48. The first-order chi connectivity index (χ1) is 14.4. The molecule has 0 aromatic heterocycles. The summed E-state index contributed by atoms with van der Waals surface area (Å²) in [6, 6.07) is 0. The van der Waals surface area contributed by atoms with E-state index in [1.807, 2.05) is 48.5 Å². The molecule has 1 fully saturated rings. The van der Waals surface area contributed by atoms with Crippen LogP contribution >= 0.6 is 0 Å². The number of carbonyl (C=O) groups is 4. The van der Waals surface area contributed by atoms with E-state index in [9.17, 15) is 19.2 Å². The van der Waals surface area contributed by atoms with Gasteiger partial charge < -0.3 is 23.7 Å². The van der Waals surface area contributed by atoms with Crippen molar-refractivity contribution >= 4 is 23.9 Å². The number of rotatable bonds is 6. The minimum Gasteiger partial charge on any atom is -0.456 e. The van der Waals surface area contributed by atoms with E-state index in [4.69, 9.17) is 23.7 Å². The van der Waals surface area contributed by atoms with Gasteiger partial charge in [0, 0.05) is 20.8 Å². The van der Waals surface area contributed by atoms with Crippen molar-refractivity contribution < 1.29 is 42.9 Å². The fourth-order valence-corrected chi connectivity index (χ4v) is 3.75. The average Bonchev–Trinajstić information content (AvgIpc) is 2.56. The molecule has 1 rings (SSSR count). The van der Waals surface area contributed by atoms with Gasteiger partial charge in [-0.05, 0) is 24.2 Å². The highest BCUT2D eigenvalue weighted by Gasteiger charge is 2.53. The van der Waals surface area contributed by atoms with Crippen LogP contribution in [-0.4, -0.2) is 55.1 Å². The van der Waals surface area contributed by atoms with Crippen molar-refractivity contribution in [3.05, 3.63) is 0 Å². The first-order valence-electron chi connectivity index (χ1n) is 10.7. The normalized spacial score (nSPS) is 25.8. The van der Waals surface area contributed by atoms with Crippen LogP contribution in [0.25, 0.3) is 0 Å². The Kier molecular flexibility index (Phi) is 8.87. The van der Waals surface area contributed by atoms with Gasteiger partial charge in [-0.25, -0.2) is 0 Å². The van der Waals surface area contributed by atoms with Crippen LogP contribution in [0.3, 0.4) is 0 Å². The molecule has 184 valence electrons. The fourth-order valence-electron chi connectivity index (χ4n) is 3.75. The van der Waals surface area contributed by atoms with Crippen LogP contribution in [0.5, 0.6) is 0 Å². The Labute approximate surface area is 190 Å². The van der Waals surface area contributed by atoms with E-state index in [2.05, 4.69) is 0 Å². The molecular formula is C23H38O9. The topological polar surface area (TPSA) is 114 Å². The lowest BCUT2D eigenvalue weighted by atomic mass is 9.61. The van der Waals surface area contributed by atoms with Gasteiger partial charge in [0.2, 0.25) is 12.4 Å². The van der Waals surface area contributed by atoms with Crippen LogP contribution in [0.2, 0.25) is 0 Å². The molecule has 0 N–H and O–H groups in total. The summed E-state index contributed by atoms with van der Waals surface area (Å²) in [6.45, 7) is 17.1. The minimum absolute atomic E-state index is 0.176. The second-order valence-electron chi connectivity index (χ2n) is 10.7. The number of ether oxygens (including phenoxy) is 5. The standard InChI is InChI=1S/C23H38O9/c1-13(24)29-16-11-28-19(18(31-15(3)26)17(16)30-14(2)25)32-20(27)23(10,22(7,8)9)12-21(4,5)6/h16-19H,11-12H2,1-10H3. The third kappa shape index (κ3) is 7.46. The van der Waals surface area contributed by atoms with E-state index in [0.717, 1.165) is 6.92 Å². The third-order valence-corrected chi connectivity index (χ3v) is 5.52. The zero-order chi connectivity index (χ0) is 25.1. The molecule has 1 heterocycles. The Balaban J connectivity index is 3.29. The van der Waals surface area contributed by atoms with Crippen molar-refractivity contribution in [2.24, 2.45) is 16.2 Å². The maximum absolute atomic E-state index is 13.4. The first-order valence-corrected chi connectivity index (χ1v) is 10.7. The van der Waals surface area contributed by atoms with Gasteiger partial charge in [-0.2, -0.15) is 0 Å². The molecule has 0 aliphatic carbocycles. The Hall–Kier alpha value is -2.16. The zero-order valence-corrected chi connectivity index (χ0v) is 20.9. The van der Waals surface area contributed by atoms with Crippen LogP contribution in [0.15, 0.2) is 0 Å². The van der Waals surface area contributed by atoms with Gasteiger partial charge in [-0.3, -0.25) is 19.2 Å². The van der Waals surface area contributed by atoms with Crippen LogP contribution in [0.1, 0.15) is 75.7 Å². The molecule has 5 unspecified atom stereocenters. The Morgan fingerprint density at radius 3 is 1.62 bits per heavy atom. The largest absolute Gasteiger partial charge is 0.456 e. The van der Waals surface area contributed by atoms with Gasteiger partial charge in [0.1, 0.15) is 0 Å². The lowest BCUT2D eigenvalue weighted by Gasteiger charge is -2.45. The van der Waals surface area contributed by atoms with Crippen molar-refractivity contribution in [3.8, 4) is 0 Å². The molecular weight excluding hydrogens is 420 g/mol. The van der Waals surface area contributed by atoms with E-state index in [1.54, 1.807) is 0 Å². The second-order valence-corrected chi connectivity index (χ2v) is 10.7. The molecule has 32 heavy (non-hydrogen) atoms. The molecule has 0 aromatic carbocycles. The summed E-state index contributed by atoms with van der Waals surface area (Å²) in [7, 11) is 0. The summed E-state index contributed by atoms with van der Waals surface area (Å²) in [6.07, 6.45) is -4.35. The van der Waals surface area contributed by atoms with Crippen molar-refractivity contribution in [2.75, 3.05) is 6.61 Å². The summed E-state index contributed by atoms with van der Waals surface area (Å²) in [5.74, 6) is -2.54. The molecule has 0 aromatic rings. The lowest BCUT2D eigenvalue weighted by molar-refractivity contribution is -0.279. The molecule has 1 aliphatic heterocycles. The molecule has 0 bridgehead atoms. The Morgan fingerprint density at radius 1 is 0.750 bits per heavy atom. The Bertz CT molecular complexity index is 716. The van der Waals surface area contributed by atoms with Crippen molar-refractivity contribution in [3.63, 3.8) is 0 Å². The van der Waals surface area contributed by atoms with Crippen molar-refractivity contribution in [2.45, 2.75) is 100 Å². The average molecular weight is 459 g/mol. The number of hydrogen-bond acceptors (Lipinski definition) is 9. The molecule has 9 nitrogen and oxygen atoms in total. The molecule has 0 spiro atoms. The van der Waals surface area contributed by atoms with E-state index >= 15 is 0 Å². The van der Waals surface area contributed by atoms with Gasteiger partial charge >= 0.3 is 23.9 Å². The summed E-state index contributed by atoms with van der Waals surface area (Å²) in [5.41, 5.74) is -1.54. The van der Waals surface area contributed by atoms with Crippen molar-refractivity contribution in [1.29, 1.82) is 0 Å². The summed E-state index contributed by atoms with van der Waals surface area (Å²) in [4.78, 5) is 48.4. The molecule has 9 heteroatoms. The summed E-state index contributed by atoms with van der Waals surface area (Å²) >= 11 is 0. The highest BCUT2D eigenvalue weighted by molar-refractivity contribution is 5.77. The molecule has 1 aliphatic rings. The number of hydrogen-bond donors (Lipinski definition) is 0. The van der Waals surface area contributed by atoms with Gasteiger partial charge in [-0.1, -0.05) is 41.5 Å². The maximum atomic E-state index is 13.4. The molecule has 0 amide bonds.